The lowest BCUT2D eigenvalue weighted by molar-refractivity contribution is -0.135. The summed E-state index contributed by atoms with van der Waals surface area (Å²) < 4.78 is 31.9. The Morgan fingerprint density at radius 3 is 2.42 bits per heavy atom. The third-order valence-corrected chi connectivity index (χ3v) is 5.96. The summed E-state index contributed by atoms with van der Waals surface area (Å²) in [6.07, 6.45) is 2.30. The van der Waals surface area contributed by atoms with Crippen molar-refractivity contribution in [2.75, 3.05) is 20.7 Å². The molecule has 1 heterocycles. The van der Waals surface area contributed by atoms with E-state index in [0.717, 1.165) is 30.2 Å². The highest BCUT2D eigenvalue weighted by Crippen LogP contribution is 2.20. The smallest absolute Gasteiger partial charge is 0.223 e. The van der Waals surface area contributed by atoms with Gasteiger partial charge in [0.1, 0.15) is 17.4 Å². The number of nitrogens with one attached hydrogen (secondary N) is 2. The van der Waals surface area contributed by atoms with Crippen LogP contribution in [0.2, 0.25) is 0 Å². The Balaban J connectivity index is 1.54. The first-order valence-corrected chi connectivity index (χ1v) is 11.2. The van der Waals surface area contributed by atoms with Crippen LogP contribution >= 0.6 is 0 Å². The molecule has 2 aromatic rings. The number of benzene rings is 2. The Morgan fingerprint density at radius 1 is 1.06 bits per heavy atom. The van der Waals surface area contributed by atoms with Crippen molar-refractivity contribution in [1.29, 1.82) is 0 Å². The minimum atomic E-state index is -0.688. The minimum absolute atomic E-state index is 0.0140. The van der Waals surface area contributed by atoms with Crippen molar-refractivity contribution >= 4 is 11.8 Å². The summed E-state index contributed by atoms with van der Waals surface area (Å²) in [5.41, 5.74) is 1.46. The fraction of sp³-hybridized carbons (Fsp3) is 0.440. The molecule has 1 aliphatic heterocycles. The van der Waals surface area contributed by atoms with Gasteiger partial charge in [0.05, 0.1) is 7.11 Å². The Morgan fingerprint density at radius 2 is 1.76 bits per heavy atom. The second-order valence-corrected chi connectivity index (χ2v) is 8.53. The van der Waals surface area contributed by atoms with E-state index in [-0.39, 0.29) is 30.8 Å². The van der Waals surface area contributed by atoms with Crippen molar-refractivity contribution in [3.05, 3.63) is 65.2 Å². The lowest BCUT2D eigenvalue weighted by Gasteiger charge is -2.24. The number of amides is 2. The number of carbonyl (C=O) groups excluding carboxylic acids is 2. The molecule has 1 aliphatic rings. The van der Waals surface area contributed by atoms with E-state index in [1.165, 1.54) is 12.1 Å². The van der Waals surface area contributed by atoms with Crippen LogP contribution in [-0.4, -0.2) is 43.5 Å². The van der Waals surface area contributed by atoms with Gasteiger partial charge in [-0.3, -0.25) is 9.59 Å². The standard InChI is InChI=1S/C25H31F2N3O3/c1-30-16-22(28-14-17-6-8-23(33-2)9-7-17)5-3-4-19(12-24(30)31)25(32)29-15-18-10-20(26)13-21(27)11-18/h6-11,13,19,22,28H,3-5,12,14-16H2,1-2H3,(H,29,32)/t19-,22-/m1/s1. The van der Waals surface area contributed by atoms with E-state index in [1.807, 2.05) is 24.3 Å². The Hall–Kier alpha value is -3.00. The van der Waals surface area contributed by atoms with Crippen molar-refractivity contribution in [3.8, 4) is 5.75 Å². The molecule has 178 valence electrons. The number of hydrogen-bond donors (Lipinski definition) is 2. The molecule has 0 spiro atoms. The number of nitrogens with zero attached hydrogens (tertiary/aromatic N) is 1. The zero-order valence-corrected chi connectivity index (χ0v) is 19.1. The van der Waals surface area contributed by atoms with Gasteiger partial charge in [-0.1, -0.05) is 18.6 Å². The van der Waals surface area contributed by atoms with Crippen LogP contribution in [0.3, 0.4) is 0 Å². The number of rotatable bonds is 7. The van der Waals surface area contributed by atoms with Crippen molar-refractivity contribution in [3.63, 3.8) is 0 Å². The van der Waals surface area contributed by atoms with Crippen LogP contribution in [-0.2, 0) is 22.7 Å². The van der Waals surface area contributed by atoms with Crippen LogP contribution in [0, 0.1) is 17.6 Å². The fourth-order valence-corrected chi connectivity index (χ4v) is 4.05. The first-order chi connectivity index (χ1) is 15.8. The first kappa shape index (κ1) is 24.6. The third-order valence-electron chi connectivity index (χ3n) is 5.96. The Labute approximate surface area is 193 Å². The van der Waals surface area contributed by atoms with Crippen molar-refractivity contribution in [2.24, 2.45) is 5.92 Å². The summed E-state index contributed by atoms with van der Waals surface area (Å²) in [6, 6.07) is 11.1. The molecule has 3 rings (SSSR count). The summed E-state index contributed by atoms with van der Waals surface area (Å²) in [4.78, 5) is 27.1. The van der Waals surface area contributed by atoms with Crippen molar-refractivity contribution in [2.45, 2.75) is 44.8 Å². The van der Waals surface area contributed by atoms with Crippen LogP contribution in [0.25, 0.3) is 0 Å². The van der Waals surface area contributed by atoms with E-state index in [0.29, 0.717) is 25.1 Å². The molecule has 0 aromatic heterocycles. The number of methoxy groups -OCH3 is 1. The van der Waals surface area contributed by atoms with E-state index in [2.05, 4.69) is 10.6 Å². The number of likely N-dealkylation sites (N-methyl/N-ethyl adjacent to an activating group) is 1. The number of halogens is 2. The number of carbonyl (C=O) groups is 2. The maximum atomic E-state index is 13.4. The topological polar surface area (TPSA) is 70.7 Å². The van der Waals surface area contributed by atoms with E-state index < -0.39 is 17.6 Å². The highest BCUT2D eigenvalue weighted by atomic mass is 19.1. The summed E-state index contributed by atoms with van der Waals surface area (Å²) in [7, 11) is 3.38. The third kappa shape index (κ3) is 7.53. The van der Waals surface area contributed by atoms with Gasteiger partial charge in [0.25, 0.3) is 0 Å². The van der Waals surface area contributed by atoms with E-state index >= 15 is 0 Å². The second kappa shape index (κ2) is 11.7. The zero-order valence-electron chi connectivity index (χ0n) is 19.1. The molecule has 0 unspecified atom stereocenters. The molecule has 0 aliphatic carbocycles. The van der Waals surface area contributed by atoms with Crippen molar-refractivity contribution in [1.82, 2.24) is 15.5 Å². The summed E-state index contributed by atoms with van der Waals surface area (Å²) >= 11 is 0. The average Bonchev–Trinajstić information content (AvgIpc) is 2.85. The molecular formula is C25H31F2N3O3. The molecule has 33 heavy (non-hydrogen) atoms. The second-order valence-electron chi connectivity index (χ2n) is 8.53. The Bertz CT molecular complexity index is 932. The van der Waals surface area contributed by atoms with Crippen LogP contribution in [0.4, 0.5) is 8.78 Å². The largest absolute Gasteiger partial charge is 0.497 e. The lowest BCUT2D eigenvalue weighted by Crippen LogP contribution is -2.41. The van der Waals surface area contributed by atoms with Gasteiger partial charge in [0.2, 0.25) is 11.8 Å². The molecular weight excluding hydrogens is 428 g/mol. The van der Waals surface area contributed by atoms with Gasteiger partial charge >= 0.3 is 0 Å². The highest BCUT2D eigenvalue weighted by molar-refractivity contribution is 5.85. The molecule has 1 fully saturated rings. The molecule has 6 nitrogen and oxygen atoms in total. The lowest BCUT2D eigenvalue weighted by atomic mass is 9.96. The molecule has 0 radical (unpaired) electrons. The van der Waals surface area contributed by atoms with Gasteiger partial charge < -0.3 is 20.3 Å². The quantitative estimate of drug-likeness (QED) is 0.666. The van der Waals surface area contributed by atoms with Gasteiger partial charge in [0, 0.05) is 51.1 Å². The monoisotopic (exact) mass is 459 g/mol. The zero-order chi connectivity index (χ0) is 23.8. The normalized spacial score (nSPS) is 19.4. The van der Waals surface area contributed by atoms with Crippen LogP contribution in [0.5, 0.6) is 5.75 Å². The summed E-state index contributed by atoms with van der Waals surface area (Å²) in [5.74, 6) is -1.41. The van der Waals surface area contributed by atoms with E-state index in [9.17, 15) is 18.4 Å². The maximum Gasteiger partial charge on any atom is 0.223 e. The van der Waals surface area contributed by atoms with Crippen LogP contribution in [0.1, 0.15) is 36.8 Å². The summed E-state index contributed by atoms with van der Waals surface area (Å²) in [6.45, 7) is 1.25. The molecule has 1 saturated heterocycles. The fourth-order valence-electron chi connectivity index (χ4n) is 4.05. The van der Waals surface area contributed by atoms with Gasteiger partial charge in [0.15, 0.2) is 0 Å². The molecule has 0 bridgehead atoms. The van der Waals surface area contributed by atoms with E-state index in [4.69, 9.17) is 4.74 Å². The predicted octanol–water partition coefficient (Wildman–Crippen LogP) is 3.40. The molecule has 8 heteroatoms. The van der Waals surface area contributed by atoms with Crippen LogP contribution in [0.15, 0.2) is 42.5 Å². The minimum Gasteiger partial charge on any atom is -0.497 e. The maximum absolute atomic E-state index is 13.4. The predicted molar refractivity (Wildman–Crippen MR) is 121 cm³/mol. The molecule has 2 N–H and O–H groups in total. The summed E-state index contributed by atoms with van der Waals surface area (Å²) in [5, 5.41) is 6.24. The average molecular weight is 460 g/mol. The SMILES string of the molecule is COc1ccc(CN[C@@H]2CCC[C@@H](C(=O)NCc3cc(F)cc(F)c3)CC(=O)N(C)C2)cc1. The van der Waals surface area contributed by atoms with Gasteiger partial charge in [-0.2, -0.15) is 0 Å². The van der Waals surface area contributed by atoms with Crippen LogP contribution < -0.4 is 15.4 Å². The highest BCUT2D eigenvalue weighted by Gasteiger charge is 2.27. The van der Waals surface area contributed by atoms with Gasteiger partial charge in [-0.25, -0.2) is 8.78 Å². The Kier molecular flexibility index (Phi) is 8.77. The number of hydrogen-bond acceptors (Lipinski definition) is 4. The van der Waals surface area contributed by atoms with Crippen molar-refractivity contribution < 1.29 is 23.1 Å². The molecule has 2 aromatic carbocycles. The van der Waals surface area contributed by atoms with Gasteiger partial charge in [-0.15, -0.1) is 0 Å². The molecule has 2 atom stereocenters. The first-order valence-electron chi connectivity index (χ1n) is 11.2. The molecule has 0 saturated carbocycles. The number of ether oxygens (including phenoxy) is 1. The molecule has 2 amide bonds. The van der Waals surface area contributed by atoms with Gasteiger partial charge in [-0.05, 0) is 48.2 Å². The van der Waals surface area contributed by atoms with E-state index in [1.54, 1.807) is 19.1 Å².